The molecule has 0 aromatic heterocycles. The second kappa shape index (κ2) is 7.75. The van der Waals surface area contributed by atoms with E-state index < -0.39 is 10.1 Å². The van der Waals surface area contributed by atoms with E-state index in [9.17, 15) is 13.0 Å². The van der Waals surface area contributed by atoms with Crippen LogP contribution in [0.25, 0.3) is 10.8 Å². The van der Waals surface area contributed by atoms with Crippen molar-refractivity contribution in [3.8, 4) is 0 Å². The van der Waals surface area contributed by atoms with E-state index in [-0.39, 0.29) is 34.5 Å². The molecule has 2 rings (SSSR count). The SMILES string of the molecule is CCCc1cc2ccccc2c(CCC)c1S(=O)(=O)[O-].[Na+]. The van der Waals surface area contributed by atoms with Crippen molar-refractivity contribution < 1.29 is 42.5 Å². The van der Waals surface area contributed by atoms with Gasteiger partial charge in [0.1, 0.15) is 10.1 Å². The van der Waals surface area contributed by atoms with Gasteiger partial charge in [-0.15, -0.1) is 0 Å². The van der Waals surface area contributed by atoms with Crippen molar-refractivity contribution in [3.05, 3.63) is 41.5 Å². The monoisotopic (exact) mass is 314 g/mol. The zero-order valence-corrected chi connectivity index (χ0v) is 15.7. The topological polar surface area (TPSA) is 57.2 Å². The van der Waals surface area contributed by atoms with Gasteiger partial charge in [0.05, 0.1) is 4.90 Å². The summed E-state index contributed by atoms with van der Waals surface area (Å²) in [6.45, 7) is 3.97. The van der Waals surface area contributed by atoms with Crippen LogP contribution in [0.3, 0.4) is 0 Å². The Kier molecular flexibility index (Phi) is 6.88. The molecule has 3 nitrogen and oxygen atoms in total. The van der Waals surface area contributed by atoms with E-state index in [2.05, 4.69) is 0 Å². The first-order valence-electron chi connectivity index (χ1n) is 6.98. The quantitative estimate of drug-likeness (QED) is 0.601. The maximum Gasteiger partial charge on any atom is 1.00 e. The van der Waals surface area contributed by atoms with Crippen LogP contribution in [-0.4, -0.2) is 13.0 Å². The minimum atomic E-state index is -4.45. The Labute approximate surface area is 148 Å². The van der Waals surface area contributed by atoms with Gasteiger partial charge >= 0.3 is 29.6 Å². The van der Waals surface area contributed by atoms with E-state index >= 15 is 0 Å². The van der Waals surface area contributed by atoms with E-state index in [1.807, 2.05) is 44.2 Å². The third kappa shape index (κ3) is 4.08. The fourth-order valence-electron chi connectivity index (χ4n) is 2.73. The molecule has 0 amide bonds. The normalized spacial score (nSPS) is 11.4. The predicted molar refractivity (Wildman–Crippen MR) is 79.9 cm³/mol. The molecule has 0 radical (unpaired) electrons. The Morgan fingerprint density at radius 3 is 2.24 bits per heavy atom. The van der Waals surface area contributed by atoms with Crippen LogP contribution in [0.5, 0.6) is 0 Å². The molecule has 108 valence electrons. The van der Waals surface area contributed by atoms with Gasteiger partial charge in [-0.1, -0.05) is 51.0 Å². The summed E-state index contributed by atoms with van der Waals surface area (Å²) in [5, 5.41) is 1.88. The fourth-order valence-corrected chi connectivity index (χ4v) is 3.73. The number of hydrogen-bond donors (Lipinski definition) is 0. The van der Waals surface area contributed by atoms with E-state index in [0.717, 1.165) is 23.6 Å². The predicted octanol–water partition coefficient (Wildman–Crippen LogP) is 0.653. The van der Waals surface area contributed by atoms with Crippen molar-refractivity contribution in [2.45, 2.75) is 44.4 Å². The van der Waals surface area contributed by atoms with Gasteiger partial charge in [-0.05, 0) is 40.8 Å². The van der Waals surface area contributed by atoms with E-state index in [1.165, 1.54) is 0 Å². The van der Waals surface area contributed by atoms with E-state index in [4.69, 9.17) is 0 Å². The Morgan fingerprint density at radius 2 is 1.67 bits per heavy atom. The number of aryl methyl sites for hydroxylation is 2. The molecular weight excluding hydrogens is 295 g/mol. The van der Waals surface area contributed by atoms with Crippen LogP contribution in [0.2, 0.25) is 0 Å². The van der Waals surface area contributed by atoms with E-state index in [0.29, 0.717) is 24.0 Å². The summed E-state index contributed by atoms with van der Waals surface area (Å²) in [5.41, 5.74) is 1.34. The molecule has 0 heterocycles. The van der Waals surface area contributed by atoms with Gasteiger partial charge in [-0.2, -0.15) is 0 Å². The van der Waals surface area contributed by atoms with Crippen LogP contribution in [0.4, 0.5) is 0 Å². The molecule has 0 bridgehead atoms. The number of hydrogen-bond acceptors (Lipinski definition) is 3. The summed E-state index contributed by atoms with van der Waals surface area (Å²) >= 11 is 0. The average Bonchev–Trinajstić information content (AvgIpc) is 2.38. The van der Waals surface area contributed by atoms with Gasteiger partial charge in [0, 0.05) is 0 Å². The second-order valence-corrected chi connectivity index (χ2v) is 6.34. The zero-order chi connectivity index (χ0) is 14.8. The van der Waals surface area contributed by atoms with Gasteiger partial charge in [0.15, 0.2) is 0 Å². The molecule has 0 fully saturated rings. The molecule has 21 heavy (non-hydrogen) atoms. The molecule has 0 atom stereocenters. The molecule has 0 unspecified atom stereocenters. The summed E-state index contributed by atoms with van der Waals surface area (Å²) in [6.07, 6.45) is 2.84. The molecule has 0 N–H and O–H groups in total. The van der Waals surface area contributed by atoms with Crippen molar-refractivity contribution in [2.24, 2.45) is 0 Å². The van der Waals surface area contributed by atoms with Crippen molar-refractivity contribution in [1.82, 2.24) is 0 Å². The average molecular weight is 314 g/mol. The molecule has 2 aromatic rings. The maximum atomic E-state index is 11.7. The van der Waals surface area contributed by atoms with Gasteiger partial charge in [0.2, 0.25) is 0 Å². The largest absolute Gasteiger partial charge is 1.00 e. The Hall–Kier alpha value is -0.390. The Bertz CT molecular complexity index is 724. The van der Waals surface area contributed by atoms with Crippen molar-refractivity contribution in [2.75, 3.05) is 0 Å². The Morgan fingerprint density at radius 1 is 1.05 bits per heavy atom. The molecule has 0 spiro atoms. The Balaban J connectivity index is 0.00000220. The van der Waals surface area contributed by atoms with Gasteiger partial charge < -0.3 is 4.55 Å². The van der Waals surface area contributed by atoms with Crippen LogP contribution in [0.1, 0.15) is 37.8 Å². The molecular formula is C16H19NaO3S. The first-order valence-corrected chi connectivity index (χ1v) is 8.39. The minimum Gasteiger partial charge on any atom is -0.744 e. The molecule has 0 aliphatic carbocycles. The molecule has 0 saturated heterocycles. The van der Waals surface area contributed by atoms with Gasteiger partial charge in [0.25, 0.3) is 0 Å². The first kappa shape index (κ1) is 18.7. The van der Waals surface area contributed by atoms with Crippen molar-refractivity contribution >= 4 is 20.9 Å². The molecule has 0 aliphatic heterocycles. The van der Waals surface area contributed by atoms with Crippen LogP contribution in [-0.2, 0) is 23.0 Å². The number of benzene rings is 2. The summed E-state index contributed by atoms with van der Waals surface area (Å²) in [5.74, 6) is 0. The van der Waals surface area contributed by atoms with Crippen LogP contribution >= 0.6 is 0 Å². The van der Waals surface area contributed by atoms with Crippen LogP contribution in [0.15, 0.2) is 35.2 Å². The third-order valence-electron chi connectivity index (χ3n) is 3.45. The van der Waals surface area contributed by atoms with Gasteiger partial charge in [-0.25, -0.2) is 8.42 Å². The standard InChI is InChI=1S/C16H20O3S.Na/c1-3-7-13-11-12-9-5-6-10-14(12)15(8-4-2)16(13)20(17,18)19;/h5-6,9-11H,3-4,7-8H2,1-2H3,(H,17,18,19);/q;+1/p-1. The first-order chi connectivity index (χ1) is 9.49. The number of rotatable bonds is 5. The van der Waals surface area contributed by atoms with Crippen LogP contribution in [0, 0.1) is 0 Å². The molecule has 2 aromatic carbocycles. The van der Waals surface area contributed by atoms with Crippen molar-refractivity contribution in [3.63, 3.8) is 0 Å². The smallest absolute Gasteiger partial charge is 0.744 e. The summed E-state index contributed by atoms with van der Waals surface area (Å²) < 4.78 is 35.1. The van der Waals surface area contributed by atoms with Gasteiger partial charge in [-0.3, -0.25) is 0 Å². The van der Waals surface area contributed by atoms with Crippen LogP contribution < -0.4 is 29.6 Å². The molecule has 0 saturated carbocycles. The molecule has 0 aliphatic rings. The van der Waals surface area contributed by atoms with E-state index in [1.54, 1.807) is 0 Å². The summed E-state index contributed by atoms with van der Waals surface area (Å²) in [7, 11) is -4.45. The number of fused-ring (bicyclic) bond motifs is 1. The maximum absolute atomic E-state index is 11.7. The summed E-state index contributed by atoms with van der Waals surface area (Å²) in [6, 6.07) is 9.52. The third-order valence-corrected chi connectivity index (χ3v) is 4.46. The summed E-state index contributed by atoms with van der Waals surface area (Å²) in [4.78, 5) is 0.0138. The van der Waals surface area contributed by atoms with Crippen molar-refractivity contribution in [1.29, 1.82) is 0 Å². The zero-order valence-electron chi connectivity index (χ0n) is 12.8. The second-order valence-electron chi connectivity index (χ2n) is 5.02. The fraction of sp³-hybridized carbons (Fsp3) is 0.375. The molecule has 5 heteroatoms. The minimum absolute atomic E-state index is 0.